The number of nitrogens with zero attached hydrogens (tertiary/aromatic N) is 5. The molecule has 19 heteroatoms. The highest BCUT2D eigenvalue weighted by molar-refractivity contribution is 7.09. The molecular formula is C40H31N5O13S. The number of fused-ring (bicyclic) bond motifs is 2. The van der Waals surface area contributed by atoms with Crippen molar-refractivity contribution in [2.24, 2.45) is 11.8 Å². The largest absolute Gasteiger partial charge is 0.486 e. The number of aliphatic hydroxyl groups excluding tert-OH is 1. The van der Waals surface area contributed by atoms with E-state index in [-0.39, 0.29) is 46.1 Å². The number of nitro groups is 2. The summed E-state index contributed by atoms with van der Waals surface area (Å²) in [5.41, 5.74) is -1.10. The summed E-state index contributed by atoms with van der Waals surface area (Å²) in [6.45, 7) is 2.70. The maximum Gasteiger partial charge on any atom is 0.422 e. The number of nitro benzene ring substituents is 2. The molecule has 2 aliphatic heterocycles. The minimum atomic E-state index is -1.28. The molecule has 18 nitrogen and oxygen atoms in total. The first kappa shape index (κ1) is 39.8. The van der Waals surface area contributed by atoms with E-state index in [9.17, 15) is 49.3 Å². The van der Waals surface area contributed by atoms with Gasteiger partial charge in [-0.25, -0.2) is 24.2 Å². The Morgan fingerprint density at radius 2 is 1.46 bits per heavy atom. The monoisotopic (exact) mass is 821 g/mol. The Balaban J connectivity index is 1.29. The standard InChI is InChI=1S/C40H31N5O13S/c1-21-29(35(43-34(21)33(22(2)46)36(43)47)39(50)57-37(48)23-9-13-25(14-10-23)44(52)53)19-42(40(51)58-38(49)24-11-15-26(16-12-24)45(54)55)30-7-3-6-28-27(30)5-4-8-31(28)56-20-32-41-17-18-59-32/h3-18,21-22,33-34,46H,19-20H2,1-2H3/t21-,22+,33?,34?/m0/s1. The highest BCUT2D eigenvalue weighted by Gasteiger charge is 2.60. The van der Waals surface area contributed by atoms with E-state index in [0.29, 0.717) is 21.5 Å². The minimum absolute atomic E-state index is 0.112. The van der Waals surface area contributed by atoms with Gasteiger partial charge in [0.05, 0.1) is 51.3 Å². The third-order valence-corrected chi connectivity index (χ3v) is 10.8. The Kier molecular flexibility index (Phi) is 11.0. The number of benzene rings is 4. The molecule has 1 aromatic heterocycles. The molecule has 1 fully saturated rings. The van der Waals surface area contributed by atoms with Crippen LogP contribution in [0.25, 0.3) is 10.8 Å². The van der Waals surface area contributed by atoms with Gasteiger partial charge in [-0.15, -0.1) is 11.3 Å². The molecule has 5 aromatic rings. The fourth-order valence-electron chi connectivity index (χ4n) is 7.17. The van der Waals surface area contributed by atoms with Gasteiger partial charge in [0.25, 0.3) is 11.4 Å². The summed E-state index contributed by atoms with van der Waals surface area (Å²) in [6.07, 6.45) is -0.747. The van der Waals surface area contributed by atoms with Crippen molar-refractivity contribution in [2.45, 2.75) is 32.6 Å². The number of carbonyl (C=O) groups excluding carboxylic acids is 5. The van der Waals surface area contributed by atoms with Gasteiger partial charge in [-0.05, 0) is 48.9 Å². The van der Waals surface area contributed by atoms with Crippen LogP contribution in [0.15, 0.2) is 108 Å². The van der Waals surface area contributed by atoms with Crippen LogP contribution in [0.1, 0.15) is 39.6 Å². The molecule has 2 amide bonds. The summed E-state index contributed by atoms with van der Waals surface area (Å²) in [6, 6.07) is 17.8. The molecule has 3 heterocycles. The average Bonchev–Trinajstić information content (AvgIpc) is 3.83. The molecule has 1 saturated heterocycles. The van der Waals surface area contributed by atoms with Gasteiger partial charge < -0.3 is 24.2 Å². The average molecular weight is 822 g/mol. The fraction of sp³-hybridized carbons (Fsp3) is 0.200. The number of non-ortho nitro benzene ring substituents is 2. The van der Waals surface area contributed by atoms with Crippen molar-refractivity contribution in [1.82, 2.24) is 9.88 Å². The Labute approximate surface area is 337 Å². The number of aliphatic hydroxyl groups is 1. The van der Waals surface area contributed by atoms with Crippen LogP contribution in [0.5, 0.6) is 5.75 Å². The maximum absolute atomic E-state index is 14.3. The first-order valence-electron chi connectivity index (χ1n) is 17.8. The summed E-state index contributed by atoms with van der Waals surface area (Å²) in [5, 5.41) is 36.4. The van der Waals surface area contributed by atoms with Crippen molar-refractivity contribution in [1.29, 1.82) is 0 Å². The maximum atomic E-state index is 14.3. The van der Waals surface area contributed by atoms with Gasteiger partial charge in [0, 0.05) is 52.5 Å². The van der Waals surface area contributed by atoms with Crippen molar-refractivity contribution in [3.8, 4) is 5.75 Å². The minimum Gasteiger partial charge on any atom is -0.486 e. The zero-order chi connectivity index (χ0) is 42.1. The van der Waals surface area contributed by atoms with E-state index in [1.165, 1.54) is 18.3 Å². The van der Waals surface area contributed by atoms with Gasteiger partial charge in [0.15, 0.2) is 0 Å². The normalized spacial score (nSPS) is 17.4. The number of thiazole rings is 1. The smallest absolute Gasteiger partial charge is 0.422 e. The second-order valence-electron chi connectivity index (χ2n) is 13.5. The number of carbonyl (C=O) groups is 5. The van der Waals surface area contributed by atoms with Gasteiger partial charge in [-0.3, -0.25) is 29.9 Å². The van der Waals surface area contributed by atoms with Gasteiger partial charge in [0.1, 0.15) is 23.1 Å². The summed E-state index contributed by atoms with van der Waals surface area (Å²) in [7, 11) is 0. The molecule has 4 atom stereocenters. The number of β-lactam (4-membered cyclic amide) rings is 1. The van der Waals surface area contributed by atoms with Crippen LogP contribution in [-0.4, -0.2) is 73.4 Å². The zero-order valence-corrected chi connectivity index (χ0v) is 31.8. The molecule has 4 aromatic carbocycles. The van der Waals surface area contributed by atoms with Crippen molar-refractivity contribution in [2.75, 3.05) is 11.4 Å². The van der Waals surface area contributed by atoms with Crippen LogP contribution in [-0.2, 0) is 25.7 Å². The molecular weight excluding hydrogens is 791 g/mol. The number of anilines is 1. The van der Waals surface area contributed by atoms with E-state index in [1.54, 1.807) is 54.9 Å². The number of hydrogen-bond acceptors (Lipinski definition) is 15. The molecule has 0 radical (unpaired) electrons. The van der Waals surface area contributed by atoms with E-state index in [2.05, 4.69) is 4.98 Å². The van der Waals surface area contributed by atoms with Gasteiger partial charge in [-0.1, -0.05) is 31.2 Å². The van der Waals surface area contributed by atoms with Crippen LogP contribution in [0.2, 0.25) is 0 Å². The number of rotatable bonds is 12. The molecule has 1 N–H and O–H groups in total. The lowest BCUT2D eigenvalue weighted by atomic mass is 9.77. The summed E-state index contributed by atoms with van der Waals surface area (Å²) in [5.74, 6) is -5.54. The Bertz CT molecular complexity index is 2560. The lowest BCUT2D eigenvalue weighted by Crippen LogP contribution is -2.63. The predicted octanol–water partition coefficient (Wildman–Crippen LogP) is 5.97. The Morgan fingerprint density at radius 1 is 0.864 bits per heavy atom. The molecule has 0 spiro atoms. The molecule has 2 aliphatic rings. The second-order valence-corrected chi connectivity index (χ2v) is 14.5. The van der Waals surface area contributed by atoms with Crippen LogP contribution in [0.3, 0.4) is 0 Å². The lowest BCUT2D eigenvalue weighted by molar-refractivity contribution is -0.385. The number of esters is 3. The lowest BCUT2D eigenvalue weighted by Gasteiger charge is -2.46. The molecule has 59 heavy (non-hydrogen) atoms. The fourth-order valence-corrected chi connectivity index (χ4v) is 7.70. The highest BCUT2D eigenvalue weighted by atomic mass is 32.1. The second kappa shape index (κ2) is 16.2. The molecule has 0 saturated carbocycles. The van der Waals surface area contributed by atoms with Crippen LogP contribution in [0, 0.1) is 32.1 Å². The van der Waals surface area contributed by atoms with Gasteiger partial charge in [0.2, 0.25) is 5.91 Å². The quantitative estimate of drug-likeness (QED) is 0.0502. The molecule has 7 rings (SSSR count). The summed E-state index contributed by atoms with van der Waals surface area (Å²) in [4.78, 5) is 95.7. The molecule has 0 aliphatic carbocycles. The number of hydrogen-bond donors (Lipinski definition) is 1. The number of ether oxygens (including phenoxy) is 3. The molecule has 300 valence electrons. The first-order chi connectivity index (χ1) is 28.2. The Morgan fingerprint density at radius 3 is 2.03 bits per heavy atom. The van der Waals surface area contributed by atoms with E-state index >= 15 is 0 Å². The third-order valence-electron chi connectivity index (χ3n) is 10.0. The third kappa shape index (κ3) is 7.71. The van der Waals surface area contributed by atoms with Gasteiger partial charge in [-0.2, -0.15) is 0 Å². The molecule has 0 bridgehead atoms. The highest BCUT2D eigenvalue weighted by Crippen LogP contribution is 2.48. The van der Waals surface area contributed by atoms with Crippen molar-refractivity contribution >= 4 is 69.1 Å². The van der Waals surface area contributed by atoms with Crippen LogP contribution < -0.4 is 9.64 Å². The number of aromatic nitrogens is 1. The number of amides is 2. The summed E-state index contributed by atoms with van der Waals surface area (Å²) < 4.78 is 16.7. The van der Waals surface area contributed by atoms with Crippen molar-refractivity contribution in [3.63, 3.8) is 0 Å². The first-order valence-corrected chi connectivity index (χ1v) is 18.7. The van der Waals surface area contributed by atoms with Gasteiger partial charge >= 0.3 is 24.0 Å². The van der Waals surface area contributed by atoms with E-state index < -0.39 is 70.3 Å². The Hall–Kier alpha value is -7.38. The predicted molar refractivity (Wildman–Crippen MR) is 207 cm³/mol. The van der Waals surface area contributed by atoms with Crippen LogP contribution >= 0.6 is 11.3 Å². The van der Waals surface area contributed by atoms with E-state index in [1.807, 2.05) is 0 Å². The zero-order valence-electron chi connectivity index (χ0n) is 31.0. The topological polar surface area (TPSA) is 239 Å². The van der Waals surface area contributed by atoms with Crippen LogP contribution in [0.4, 0.5) is 21.9 Å². The van der Waals surface area contributed by atoms with Crippen molar-refractivity contribution < 1.29 is 53.1 Å². The SMILES string of the molecule is C[C@@H](O)C1C(=O)N2C(C(=O)OC(=O)c3ccc([N+](=O)[O-])cc3)=C(CN(C(=O)OC(=O)c3ccc([N+](=O)[O-])cc3)c3cccc4c(OCc5nccs5)cccc34)[C@H](C)C12. The molecule has 2 unspecified atom stereocenters. The van der Waals surface area contributed by atoms with Crippen molar-refractivity contribution in [3.05, 3.63) is 144 Å². The summed E-state index contributed by atoms with van der Waals surface area (Å²) >= 11 is 1.39. The van der Waals surface area contributed by atoms with E-state index in [4.69, 9.17) is 14.2 Å². The van der Waals surface area contributed by atoms with E-state index in [0.717, 1.165) is 58.3 Å².